The minimum atomic E-state index is -0.741. The molecule has 0 bridgehead atoms. The van der Waals surface area contributed by atoms with Crippen molar-refractivity contribution in [1.29, 1.82) is 0 Å². The Labute approximate surface area is 100 Å². The van der Waals surface area contributed by atoms with E-state index in [-0.39, 0.29) is 6.42 Å². The fourth-order valence-electron chi connectivity index (χ4n) is 2.00. The fourth-order valence-corrected chi connectivity index (χ4v) is 2.00. The van der Waals surface area contributed by atoms with Crippen LogP contribution >= 0.6 is 0 Å². The van der Waals surface area contributed by atoms with Crippen molar-refractivity contribution < 1.29 is 14.4 Å². The number of aryl methyl sites for hydroxylation is 2. The molecule has 5 heteroatoms. The highest BCUT2D eigenvalue weighted by Gasteiger charge is 2.30. The maximum atomic E-state index is 10.6. The first-order valence-corrected chi connectivity index (χ1v) is 5.95. The highest BCUT2D eigenvalue weighted by Crippen LogP contribution is 2.29. The van der Waals surface area contributed by atoms with Gasteiger partial charge >= 0.3 is 5.97 Å². The SMILES string of the molecule is Cc1noc(C)c1CN(CCC(=O)O)C1CC1. The average Bonchev–Trinajstić information content (AvgIpc) is 3.05. The van der Waals surface area contributed by atoms with Gasteiger partial charge in [0, 0.05) is 24.7 Å². The molecule has 1 N–H and O–H groups in total. The summed E-state index contributed by atoms with van der Waals surface area (Å²) in [5.41, 5.74) is 2.01. The van der Waals surface area contributed by atoms with E-state index in [9.17, 15) is 4.79 Å². The lowest BCUT2D eigenvalue weighted by atomic mass is 10.2. The van der Waals surface area contributed by atoms with Crippen molar-refractivity contribution in [2.75, 3.05) is 6.54 Å². The summed E-state index contributed by atoms with van der Waals surface area (Å²) in [7, 11) is 0. The van der Waals surface area contributed by atoms with Crippen LogP contribution in [0, 0.1) is 13.8 Å². The molecule has 5 nitrogen and oxygen atoms in total. The third-order valence-corrected chi connectivity index (χ3v) is 3.22. The summed E-state index contributed by atoms with van der Waals surface area (Å²) in [4.78, 5) is 12.8. The van der Waals surface area contributed by atoms with Gasteiger partial charge in [-0.1, -0.05) is 5.16 Å². The van der Waals surface area contributed by atoms with Crippen LogP contribution in [0.15, 0.2) is 4.52 Å². The van der Waals surface area contributed by atoms with Gasteiger partial charge in [0.05, 0.1) is 12.1 Å². The number of hydrogen-bond acceptors (Lipinski definition) is 4. The van der Waals surface area contributed by atoms with Crippen LogP contribution < -0.4 is 0 Å². The predicted octanol–water partition coefficient (Wildman–Crippen LogP) is 1.73. The molecule has 17 heavy (non-hydrogen) atoms. The van der Waals surface area contributed by atoms with E-state index in [1.807, 2.05) is 13.8 Å². The Hall–Kier alpha value is -1.36. The Morgan fingerprint density at radius 2 is 2.24 bits per heavy atom. The zero-order valence-electron chi connectivity index (χ0n) is 10.3. The second-order valence-electron chi connectivity index (χ2n) is 4.65. The third-order valence-electron chi connectivity index (χ3n) is 3.22. The molecule has 1 aliphatic rings. The lowest BCUT2D eigenvalue weighted by Crippen LogP contribution is -2.28. The van der Waals surface area contributed by atoms with Crippen LogP contribution in [0.1, 0.15) is 36.3 Å². The molecule has 1 heterocycles. The summed E-state index contributed by atoms with van der Waals surface area (Å²) in [6, 6.07) is 0.544. The summed E-state index contributed by atoms with van der Waals surface area (Å²) < 4.78 is 5.13. The molecule has 0 radical (unpaired) electrons. The van der Waals surface area contributed by atoms with Crippen molar-refractivity contribution in [2.45, 2.75) is 45.7 Å². The maximum Gasteiger partial charge on any atom is 0.304 e. The third kappa shape index (κ3) is 3.06. The second-order valence-corrected chi connectivity index (χ2v) is 4.65. The molecular formula is C12H18N2O3. The van der Waals surface area contributed by atoms with Crippen LogP contribution in [-0.4, -0.2) is 33.7 Å². The molecule has 0 spiro atoms. The average molecular weight is 238 g/mol. The van der Waals surface area contributed by atoms with Crippen molar-refractivity contribution in [3.63, 3.8) is 0 Å². The largest absolute Gasteiger partial charge is 0.481 e. The van der Waals surface area contributed by atoms with E-state index >= 15 is 0 Å². The Morgan fingerprint density at radius 1 is 1.53 bits per heavy atom. The van der Waals surface area contributed by atoms with E-state index in [2.05, 4.69) is 10.1 Å². The Bertz CT molecular complexity index is 390. The van der Waals surface area contributed by atoms with Gasteiger partial charge in [0.2, 0.25) is 0 Å². The van der Waals surface area contributed by atoms with Gasteiger partial charge in [0.15, 0.2) is 0 Å². The molecular weight excluding hydrogens is 220 g/mol. The lowest BCUT2D eigenvalue weighted by molar-refractivity contribution is -0.137. The highest BCUT2D eigenvalue weighted by molar-refractivity contribution is 5.66. The molecule has 0 aliphatic heterocycles. The summed E-state index contributed by atoms with van der Waals surface area (Å²) >= 11 is 0. The van der Waals surface area contributed by atoms with Gasteiger partial charge < -0.3 is 9.63 Å². The van der Waals surface area contributed by atoms with Gasteiger partial charge in [-0.2, -0.15) is 0 Å². The number of hydrogen-bond donors (Lipinski definition) is 1. The van der Waals surface area contributed by atoms with Crippen LogP contribution in [-0.2, 0) is 11.3 Å². The molecule has 1 aromatic heterocycles. The van der Waals surface area contributed by atoms with E-state index in [0.29, 0.717) is 12.6 Å². The molecule has 1 saturated carbocycles. The van der Waals surface area contributed by atoms with Gasteiger partial charge in [0.25, 0.3) is 0 Å². The van der Waals surface area contributed by atoms with Gasteiger partial charge in [-0.3, -0.25) is 9.69 Å². The molecule has 0 unspecified atom stereocenters. The van der Waals surface area contributed by atoms with Crippen molar-refractivity contribution in [1.82, 2.24) is 10.1 Å². The number of rotatable bonds is 6. The molecule has 0 saturated heterocycles. The Kier molecular flexibility index (Phi) is 3.47. The smallest absolute Gasteiger partial charge is 0.304 e. The number of carbonyl (C=O) groups is 1. The molecule has 0 amide bonds. The number of nitrogens with zero attached hydrogens (tertiary/aromatic N) is 2. The first-order valence-electron chi connectivity index (χ1n) is 5.95. The lowest BCUT2D eigenvalue weighted by Gasteiger charge is -2.20. The predicted molar refractivity (Wildman–Crippen MR) is 61.7 cm³/mol. The molecule has 2 rings (SSSR count). The van der Waals surface area contributed by atoms with E-state index < -0.39 is 5.97 Å². The minimum Gasteiger partial charge on any atom is -0.481 e. The number of carboxylic acid groups (broad SMARTS) is 1. The summed E-state index contributed by atoms with van der Waals surface area (Å²) in [6.45, 7) is 5.18. The van der Waals surface area contributed by atoms with Crippen LogP contribution in [0.2, 0.25) is 0 Å². The van der Waals surface area contributed by atoms with E-state index in [4.69, 9.17) is 9.63 Å². The van der Waals surface area contributed by atoms with Crippen molar-refractivity contribution in [3.05, 3.63) is 17.0 Å². The van der Waals surface area contributed by atoms with Crippen molar-refractivity contribution in [3.8, 4) is 0 Å². The fraction of sp³-hybridized carbons (Fsp3) is 0.667. The van der Waals surface area contributed by atoms with E-state index in [0.717, 1.165) is 23.6 Å². The van der Waals surface area contributed by atoms with Crippen LogP contribution in [0.5, 0.6) is 0 Å². The zero-order valence-corrected chi connectivity index (χ0v) is 10.3. The number of aliphatic carboxylic acids is 1. The van der Waals surface area contributed by atoms with Crippen molar-refractivity contribution >= 4 is 5.97 Å². The monoisotopic (exact) mass is 238 g/mol. The first-order chi connectivity index (χ1) is 8.08. The molecule has 94 valence electrons. The zero-order chi connectivity index (χ0) is 12.4. The Morgan fingerprint density at radius 3 is 2.71 bits per heavy atom. The summed E-state index contributed by atoms with van der Waals surface area (Å²) in [5, 5.41) is 12.7. The van der Waals surface area contributed by atoms with Gasteiger partial charge in [-0.25, -0.2) is 0 Å². The summed E-state index contributed by atoms with van der Waals surface area (Å²) in [5.74, 6) is 0.0953. The molecule has 1 aliphatic carbocycles. The first kappa shape index (κ1) is 12.1. The highest BCUT2D eigenvalue weighted by atomic mass is 16.5. The van der Waals surface area contributed by atoms with E-state index in [1.165, 1.54) is 12.8 Å². The topological polar surface area (TPSA) is 66.6 Å². The van der Waals surface area contributed by atoms with Gasteiger partial charge in [0.1, 0.15) is 5.76 Å². The molecule has 0 atom stereocenters. The number of carboxylic acids is 1. The minimum absolute atomic E-state index is 0.194. The Balaban J connectivity index is 2.00. The van der Waals surface area contributed by atoms with Crippen LogP contribution in [0.4, 0.5) is 0 Å². The maximum absolute atomic E-state index is 10.6. The second kappa shape index (κ2) is 4.87. The van der Waals surface area contributed by atoms with Gasteiger partial charge in [-0.05, 0) is 26.7 Å². The van der Waals surface area contributed by atoms with Crippen LogP contribution in [0.3, 0.4) is 0 Å². The van der Waals surface area contributed by atoms with Crippen LogP contribution in [0.25, 0.3) is 0 Å². The molecule has 1 fully saturated rings. The molecule has 1 aromatic rings. The molecule has 0 aromatic carbocycles. The van der Waals surface area contributed by atoms with Gasteiger partial charge in [-0.15, -0.1) is 0 Å². The van der Waals surface area contributed by atoms with E-state index in [1.54, 1.807) is 0 Å². The summed E-state index contributed by atoms with van der Waals surface area (Å²) in [6.07, 6.45) is 2.53. The quantitative estimate of drug-likeness (QED) is 0.817. The number of aromatic nitrogens is 1. The normalized spacial score (nSPS) is 15.5. The standard InChI is InChI=1S/C12H18N2O3/c1-8-11(9(2)17-13-8)7-14(10-3-4-10)6-5-12(15)16/h10H,3-7H2,1-2H3,(H,15,16). The van der Waals surface area contributed by atoms with Crippen molar-refractivity contribution in [2.24, 2.45) is 0 Å².